The van der Waals surface area contributed by atoms with Gasteiger partial charge in [0, 0.05) is 16.7 Å². The minimum Gasteiger partial charge on any atom is -0.417 e. The SMILES string of the molecule is Cc1cccc(-c2nnc(/C=C/c3cccc(Cl)c3)o2)c1. The summed E-state index contributed by atoms with van der Waals surface area (Å²) in [5.74, 6) is 0.982. The van der Waals surface area contributed by atoms with Gasteiger partial charge in [-0.1, -0.05) is 41.4 Å². The Bertz CT molecular complexity index is 793. The van der Waals surface area contributed by atoms with Crippen LogP contribution < -0.4 is 0 Å². The van der Waals surface area contributed by atoms with Gasteiger partial charge >= 0.3 is 0 Å². The molecule has 0 bridgehead atoms. The van der Waals surface area contributed by atoms with Crippen LogP contribution in [0.5, 0.6) is 0 Å². The first-order chi connectivity index (χ1) is 10.2. The van der Waals surface area contributed by atoms with Crippen molar-refractivity contribution in [1.29, 1.82) is 0 Å². The predicted molar refractivity (Wildman–Crippen MR) is 84.9 cm³/mol. The Morgan fingerprint density at radius 1 is 1.00 bits per heavy atom. The largest absolute Gasteiger partial charge is 0.417 e. The van der Waals surface area contributed by atoms with Crippen LogP contribution in [0.15, 0.2) is 52.9 Å². The van der Waals surface area contributed by atoms with Crippen molar-refractivity contribution >= 4 is 23.8 Å². The zero-order valence-electron chi connectivity index (χ0n) is 11.5. The smallest absolute Gasteiger partial charge is 0.248 e. The first-order valence-corrected chi connectivity index (χ1v) is 6.93. The first-order valence-electron chi connectivity index (χ1n) is 6.55. The lowest BCUT2D eigenvalue weighted by molar-refractivity contribution is 0.558. The molecule has 1 heterocycles. The molecule has 0 fully saturated rings. The van der Waals surface area contributed by atoms with Crippen molar-refractivity contribution in [2.75, 3.05) is 0 Å². The quantitative estimate of drug-likeness (QED) is 0.692. The second kappa shape index (κ2) is 5.94. The molecule has 0 spiro atoms. The third-order valence-electron chi connectivity index (χ3n) is 2.97. The third kappa shape index (κ3) is 3.38. The number of aryl methyl sites for hydroxylation is 1. The minimum absolute atomic E-state index is 0.464. The molecule has 0 saturated carbocycles. The van der Waals surface area contributed by atoms with E-state index in [1.807, 2.05) is 61.5 Å². The zero-order chi connectivity index (χ0) is 14.7. The second-order valence-electron chi connectivity index (χ2n) is 4.70. The molecule has 21 heavy (non-hydrogen) atoms. The highest BCUT2D eigenvalue weighted by molar-refractivity contribution is 6.30. The monoisotopic (exact) mass is 296 g/mol. The number of aromatic nitrogens is 2. The molecule has 0 aliphatic heterocycles. The van der Waals surface area contributed by atoms with Crippen molar-refractivity contribution in [3.63, 3.8) is 0 Å². The third-order valence-corrected chi connectivity index (χ3v) is 3.21. The number of benzene rings is 2. The fourth-order valence-corrected chi connectivity index (χ4v) is 2.17. The summed E-state index contributed by atoms with van der Waals surface area (Å²) < 4.78 is 5.63. The molecule has 0 N–H and O–H groups in total. The standard InChI is InChI=1S/C17H13ClN2O/c1-12-4-2-6-14(10-12)17-20-19-16(21-17)9-8-13-5-3-7-15(18)11-13/h2-11H,1H3/b9-8+. The van der Waals surface area contributed by atoms with E-state index in [2.05, 4.69) is 10.2 Å². The topological polar surface area (TPSA) is 38.9 Å². The second-order valence-corrected chi connectivity index (χ2v) is 5.14. The summed E-state index contributed by atoms with van der Waals surface area (Å²) in [6.07, 6.45) is 3.66. The maximum atomic E-state index is 5.94. The molecule has 0 unspecified atom stereocenters. The van der Waals surface area contributed by atoms with E-state index in [1.165, 1.54) is 0 Å². The Hall–Kier alpha value is -2.39. The van der Waals surface area contributed by atoms with Crippen LogP contribution in [-0.4, -0.2) is 10.2 Å². The van der Waals surface area contributed by atoms with E-state index in [0.29, 0.717) is 16.8 Å². The van der Waals surface area contributed by atoms with Crippen molar-refractivity contribution in [3.05, 3.63) is 70.6 Å². The lowest BCUT2D eigenvalue weighted by atomic mass is 10.1. The molecular formula is C17H13ClN2O. The summed E-state index contributed by atoms with van der Waals surface area (Å²) in [4.78, 5) is 0. The van der Waals surface area contributed by atoms with Gasteiger partial charge in [0.05, 0.1) is 0 Å². The Morgan fingerprint density at radius 2 is 1.86 bits per heavy atom. The van der Waals surface area contributed by atoms with Crippen LogP contribution >= 0.6 is 11.6 Å². The average molecular weight is 297 g/mol. The Labute approximate surface area is 127 Å². The molecule has 0 saturated heterocycles. The van der Waals surface area contributed by atoms with Gasteiger partial charge in [-0.3, -0.25) is 0 Å². The highest BCUT2D eigenvalue weighted by atomic mass is 35.5. The van der Waals surface area contributed by atoms with Crippen LogP contribution in [0.4, 0.5) is 0 Å². The van der Waals surface area contributed by atoms with Gasteiger partial charge in [-0.05, 0) is 42.8 Å². The van der Waals surface area contributed by atoms with Crippen molar-refractivity contribution < 1.29 is 4.42 Å². The Kier molecular flexibility index (Phi) is 3.84. The van der Waals surface area contributed by atoms with E-state index in [9.17, 15) is 0 Å². The molecule has 1 aromatic heterocycles. The highest BCUT2D eigenvalue weighted by Crippen LogP contribution is 2.20. The maximum absolute atomic E-state index is 5.94. The molecule has 3 rings (SSSR count). The van der Waals surface area contributed by atoms with Gasteiger partial charge in [0.25, 0.3) is 0 Å². The number of rotatable bonds is 3. The van der Waals surface area contributed by atoms with Crippen molar-refractivity contribution in [1.82, 2.24) is 10.2 Å². The lowest BCUT2D eigenvalue weighted by Crippen LogP contribution is -1.78. The Morgan fingerprint density at radius 3 is 2.67 bits per heavy atom. The van der Waals surface area contributed by atoms with Crippen LogP contribution in [0.25, 0.3) is 23.6 Å². The normalized spacial score (nSPS) is 11.1. The van der Waals surface area contributed by atoms with Gasteiger partial charge in [-0.15, -0.1) is 10.2 Å². The fraction of sp³-hybridized carbons (Fsp3) is 0.0588. The van der Waals surface area contributed by atoms with Gasteiger partial charge < -0.3 is 4.42 Å². The molecule has 0 amide bonds. The van der Waals surface area contributed by atoms with E-state index >= 15 is 0 Å². The summed E-state index contributed by atoms with van der Waals surface area (Å²) in [6, 6.07) is 15.5. The molecule has 2 aromatic carbocycles. The summed E-state index contributed by atoms with van der Waals surface area (Å²) >= 11 is 5.94. The molecule has 0 radical (unpaired) electrons. The van der Waals surface area contributed by atoms with E-state index < -0.39 is 0 Å². The molecule has 0 aliphatic rings. The molecular weight excluding hydrogens is 284 g/mol. The first kappa shape index (κ1) is 13.6. The van der Waals surface area contributed by atoms with E-state index in [-0.39, 0.29) is 0 Å². The van der Waals surface area contributed by atoms with Gasteiger partial charge in [-0.2, -0.15) is 0 Å². The van der Waals surface area contributed by atoms with Crippen LogP contribution in [-0.2, 0) is 0 Å². The van der Waals surface area contributed by atoms with E-state index in [0.717, 1.165) is 16.7 Å². The van der Waals surface area contributed by atoms with E-state index in [1.54, 1.807) is 6.08 Å². The van der Waals surface area contributed by atoms with Gasteiger partial charge in [0.15, 0.2) is 0 Å². The van der Waals surface area contributed by atoms with Crippen LogP contribution in [0.2, 0.25) is 5.02 Å². The predicted octanol–water partition coefficient (Wildman–Crippen LogP) is 4.87. The average Bonchev–Trinajstić information content (AvgIpc) is 2.94. The van der Waals surface area contributed by atoms with Crippen LogP contribution in [0.1, 0.15) is 17.0 Å². The van der Waals surface area contributed by atoms with E-state index in [4.69, 9.17) is 16.0 Å². The summed E-state index contributed by atoms with van der Waals surface area (Å²) in [7, 11) is 0. The fourth-order valence-electron chi connectivity index (χ4n) is 1.97. The number of halogens is 1. The summed E-state index contributed by atoms with van der Waals surface area (Å²) in [5.41, 5.74) is 3.06. The van der Waals surface area contributed by atoms with Gasteiger partial charge in [-0.25, -0.2) is 0 Å². The molecule has 4 heteroatoms. The summed E-state index contributed by atoms with van der Waals surface area (Å²) in [5, 5.41) is 8.78. The number of hydrogen-bond donors (Lipinski definition) is 0. The van der Waals surface area contributed by atoms with Gasteiger partial charge in [0.2, 0.25) is 11.8 Å². The van der Waals surface area contributed by atoms with Crippen molar-refractivity contribution in [3.8, 4) is 11.5 Å². The minimum atomic E-state index is 0.464. The van der Waals surface area contributed by atoms with Crippen molar-refractivity contribution in [2.45, 2.75) is 6.92 Å². The number of hydrogen-bond acceptors (Lipinski definition) is 3. The van der Waals surface area contributed by atoms with Crippen LogP contribution in [0, 0.1) is 6.92 Å². The van der Waals surface area contributed by atoms with Crippen molar-refractivity contribution in [2.24, 2.45) is 0 Å². The zero-order valence-corrected chi connectivity index (χ0v) is 12.2. The number of nitrogens with zero attached hydrogens (tertiary/aromatic N) is 2. The Balaban J connectivity index is 1.82. The summed E-state index contributed by atoms with van der Waals surface area (Å²) in [6.45, 7) is 2.03. The molecule has 0 aliphatic carbocycles. The highest BCUT2D eigenvalue weighted by Gasteiger charge is 2.06. The molecule has 0 atom stereocenters. The molecule has 104 valence electrons. The molecule has 3 nitrogen and oxygen atoms in total. The maximum Gasteiger partial charge on any atom is 0.248 e. The van der Waals surface area contributed by atoms with Gasteiger partial charge in [0.1, 0.15) is 0 Å². The van der Waals surface area contributed by atoms with Crippen LogP contribution in [0.3, 0.4) is 0 Å². The molecule has 3 aromatic rings. The lowest BCUT2D eigenvalue weighted by Gasteiger charge is -1.95.